The highest BCUT2D eigenvalue weighted by molar-refractivity contribution is 5.79. The highest BCUT2D eigenvalue weighted by Gasteiger charge is 2.02. The van der Waals surface area contributed by atoms with E-state index in [1.807, 2.05) is 36.4 Å². The maximum atomic E-state index is 5.19. The molecular weight excluding hydrogens is 338 g/mol. The van der Waals surface area contributed by atoms with Crippen LogP contribution in [0.15, 0.2) is 53.5 Å². The van der Waals surface area contributed by atoms with Gasteiger partial charge in [0, 0.05) is 26.1 Å². The number of fused-ring (bicyclic) bond motifs is 1. The normalized spacial score (nSPS) is 11.6. The lowest BCUT2D eigenvalue weighted by Gasteiger charge is -2.11. The van der Waals surface area contributed by atoms with Crippen molar-refractivity contribution < 1.29 is 4.74 Å². The zero-order valence-electron chi connectivity index (χ0n) is 16.0. The van der Waals surface area contributed by atoms with Crippen molar-refractivity contribution in [2.45, 2.75) is 19.8 Å². The Hall–Kier alpha value is -3.02. The van der Waals surface area contributed by atoms with E-state index in [1.165, 1.54) is 5.56 Å². The van der Waals surface area contributed by atoms with Gasteiger partial charge in [0.1, 0.15) is 11.6 Å². The number of ether oxygens (including phenoxy) is 1. The fourth-order valence-electron chi connectivity index (χ4n) is 2.86. The summed E-state index contributed by atoms with van der Waals surface area (Å²) in [6, 6.07) is 16.2. The molecular formula is C21H27N5O. The van der Waals surface area contributed by atoms with Crippen molar-refractivity contribution in [2.75, 3.05) is 26.7 Å². The van der Waals surface area contributed by atoms with Crippen molar-refractivity contribution >= 4 is 17.0 Å². The largest absolute Gasteiger partial charge is 0.497 e. The average Bonchev–Trinajstić information content (AvgIpc) is 3.11. The predicted molar refractivity (Wildman–Crippen MR) is 110 cm³/mol. The molecule has 0 aliphatic carbocycles. The number of rotatable bonds is 8. The second kappa shape index (κ2) is 9.62. The van der Waals surface area contributed by atoms with Gasteiger partial charge >= 0.3 is 0 Å². The Morgan fingerprint density at radius 1 is 1.07 bits per heavy atom. The summed E-state index contributed by atoms with van der Waals surface area (Å²) in [5.74, 6) is 2.68. The van der Waals surface area contributed by atoms with Gasteiger partial charge in [-0.3, -0.25) is 4.99 Å². The molecule has 3 aromatic rings. The summed E-state index contributed by atoms with van der Waals surface area (Å²) in [5.41, 5.74) is 3.34. The van der Waals surface area contributed by atoms with Crippen LogP contribution in [0.25, 0.3) is 11.0 Å². The molecule has 0 spiro atoms. The van der Waals surface area contributed by atoms with Crippen molar-refractivity contribution in [3.05, 3.63) is 59.9 Å². The molecule has 0 atom stereocenters. The van der Waals surface area contributed by atoms with Crippen molar-refractivity contribution in [2.24, 2.45) is 4.99 Å². The lowest BCUT2D eigenvalue weighted by molar-refractivity contribution is 0.414. The van der Waals surface area contributed by atoms with Gasteiger partial charge in [0.2, 0.25) is 0 Å². The zero-order chi connectivity index (χ0) is 18.9. The van der Waals surface area contributed by atoms with Crippen LogP contribution in [0.1, 0.15) is 18.3 Å². The molecule has 6 heteroatoms. The number of aliphatic imine (C=N–C) groups is 1. The van der Waals surface area contributed by atoms with Gasteiger partial charge in [-0.25, -0.2) is 4.98 Å². The summed E-state index contributed by atoms with van der Waals surface area (Å²) >= 11 is 0. The smallest absolute Gasteiger partial charge is 0.191 e. The Morgan fingerprint density at radius 3 is 2.63 bits per heavy atom. The first kappa shape index (κ1) is 18.8. The summed E-state index contributed by atoms with van der Waals surface area (Å²) in [7, 11) is 1.68. The molecule has 1 heterocycles. The molecule has 0 aliphatic heterocycles. The topological polar surface area (TPSA) is 74.3 Å². The number of imidazole rings is 1. The maximum absolute atomic E-state index is 5.19. The SMILES string of the molecule is CCNC(=NCCc1nc2ccccc2[nH]1)NCCc1ccc(OC)cc1. The number of guanidine groups is 1. The van der Waals surface area contributed by atoms with E-state index in [0.29, 0.717) is 6.54 Å². The van der Waals surface area contributed by atoms with Crippen LogP contribution in [-0.2, 0) is 12.8 Å². The molecule has 0 saturated heterocycles. The minimum absolute atomic E-state index is 0.678. The van der Waals surface area contributed by atoms with Crippen LogP contribution in [0.2, 0.25) is 0 Å². The van der Waals surface area contributed by atoms with Crippen LogP contribution in [0.3, 0.4) is 0 Å². The molecule has 142 valence electrons. The predicted octanol–water partition coefficient (Wildman–Crippen LogP) is 2.91. The minimum Gasteiger partial charge on any atom is -0.497 e. The third-order valence-corrected chi connectivity index (χ3v) is 4.27. The molecule has 0 amide bonds. The van der Waals surface area contributed by atoms with Crippen LogP contribution < -0.4 is 15.4 Å². The lowest BCUT2D eigenvalue weighted by atomic mass is 10.1. The van der Waals surface area contributed by atoms with Gasteiger partial charge in [-0.05, 0) is 43.2 Å². The standard InChI is InChI=1S/C21H27N5O/c1-3-22-21(23-14-12-16-8-10-17(27-2)11-9-16)24-15-13-20-25-18-6-4-5-7-19(18)26-20/h4-11H,3,12-15H2,1-2H3,(H,25,26)(H2,22,23,24). The molecule has 6 nitrogen and oxygen atoms in total. The Morgan fingerprint density at radius 2 is 1.89 bits per heavy atom. The number of hydrogen-bond acceptors (Lipinski definition) is 3. The van der Waals surface area contributed by atoms with E-state index in [0.717, 1.165) is 54.5 Å². The van der Waals surface area contributed by atoms with Gasteiger partial charge in [-0.15, -0.1) is 0 Å². The van der Waals surface area contributed by atoms with Crippen LogP contribution in [-0.4, -0.2) is 42.7 Å². The van der Waals surface area contributed by atoms with Gasteiger partial charge in [0.05, 0.1) is 18.1 Å². The molecule has 3 rings (SSSR count). The number of aromatic nitrogens is 2. The van der Waals surface area contributed by atoms with Crippen molar-refractivity contribution in [1.29, 1.82) is 0 Å². The number of nitrogens with one attached hydrogen (secondary N) is 3. The highest BCUT2D eigenvalue weighted by Crippen LogP contribution is 2.11. The number of methoxy groups -OCH3 is 1. The van der Waals surface area contributed by atoms with Crippen LogP contribution in [0.5, 0.6) is 5.75 Å². The zero-order valence-corrected chi connectivity index (χ0v) is 16.0. The summed E-state index contributed by atoms with van der Waals surface area (Å²) in [6.45, 7) is 4.40. The molecule has 0 fully saturated rings. The summed E-state index contributed by atoms with van der Waals surface area (Å²) in [5, 5.41) is 6.68. The summed E-state index contributed by atoms with van der Waals surface area (Å²) in [6.07, 6.45) is 1.71. The van der Waals surface area contributed by atoms with Crippen LogP contribution in [0, 0.1) is 0 Å². The molecule has 0 aliphatic rings. The van der Waals surface area contributed by atoms with Crippen molar-refractivity contribution in [1.82, 2.24) is 20.6 Å². The Kier molecular flexibility index (Phi) is 6.68. The number of benzene rings is 2. The third kappa shape index (κ3) is 5.48. The molecule has 1 aromatic heterocycles. The van der Waals surface area contributed by atoms with E-state index in [4.69, 9.17) is 4.74 Å². The average molecular weight is 365 g/mol. The van der Waals surface area contributed by atoms with Gasteiger partial charge < -0.3 is 20.4 Å². The molecule has 27 heavy (non-hydrogen) atoms. The van der Waals surface area contributed by atoms with Crippen molar-refractivity contribution in [3.63, 3.8) is 0 Å². The number of hydrogen-bond donors (Lipinski definition) is 3. The van der Waals surface area contributed by atoms with Gasteiger partial charge in [-0.1, -0.05) is 24.3 Å². The maximum Gasteiger partial charge on any atom is 0.191 e. The van der Waals surface area contributed by atoms with E-state index in [-0.39, 0.29) is 0 Å². The van der Waals surface area contributed by atoms with Gasteiger partial charge in [-0.2, -0.15) is 0 Å². The van der Waals surface area contributed by atoms with E-state index >= 15 is 0 Å². The van der Waals surface area contributed by atoms with E-state index in [1.54, 1.807) is 7.11 Å². The summed E-state index contributed by atoms with van der Waals surface area (Å²) in [4.78, 5) is 12.6. The highest BCUT2D eigenvalue weighted by atomic mass is 16.5. The molecule has 0 unspecified atom stereocenters. The first-order chi connectivity index (χ1) is 13.3. The number of H-pyrrole nitrogens is 1. The first-order valence-electron chi connectivity index (χ1n) is 9.37. The molecule has 2 aromatic carbocycles. The second-order valence-corrected chi connectivity index (χ2v) is 6.24. The lowest BCUT2D eigenvalue weighted by Crippen LogP contribution is -2.38. The van der Waals surface area contributed by atoms with Crippen LogP contribution >= 0.6 is 0 Å². The molecule has 3 N–H and O–H groups in total. The second-order valence-electron chi connectivity index (χ2n) is 6.24. The van der Waals surface area contributed by atoms with Gasteiger partial charge in [0.25, 0.3) is 0 Å². The quantitative estimate of drug-likeness (QED) is 0.424. The number of aromatic amines is 1. The Labute approximate surface area is 160 Å². The Balaban J connectivity index is 1.49. The van der Waals surface area contributed by atoms with Gasteiger partial charge in [0.15, 0.2) is 5.96 Å². The molecule has 0 saturated carbocycles. The fourth-order valence-corrected chi connectivity index (χ4v) is 2.86. The van der Waals surface area contributed by atoms with E-state index < -0.39 is 0 Å². The minimum atomic E-state index is 0.678. The third-order valence-electron chi connectivity index (χ3n) is 4.27. The summed E-state index contributed by atoms with van der Waals surface area (Å²) < 4.78 is 5.19. The molecule has 0 radical (unpaired) electrons. The number of para-hydroxylation sites is 2. The Bertz CT molecular complexity index is 837. The van der Waals surface area contributed by atoms with Crippen LogP contribution in [0.4, 0.5) is 0 Å². The fraction of sp³-hybridized carbons (Fsp3) is 0.333. The van der Waals surface area contributed by atoms with E-state index in [2.05, 4.69) is 44.7 Å². The molecule has 0 bridgehead atoms. The monoisotopic (exact) mass is 365 g/mol. The van der Waals surface area contributed by atoms with Crippen molar-refractivity contribution in [3.8, 4) is 5.75 Å². The van der Waals surface area contributed by atoms with E-state index in [9.17, 15) is 0 Å². The first-order valence-corrected chi connectivity index (χ1v) is 9.37. The number of nitrogens with zero attached hydrogens (tertiary/aromatic N) is 2.